The van der Waals surface area contributed by atoms with Crippen molar-refractivity contribution in [1.29, 1.82) is 0 Å². The van der Waals surface area contributed by atoms with Crippen LogP contribution in [0.25, 0.3) is 0 Å². The van der Waals surface area contributed by atoms with Gasteiger partial charge in [-0.1, -0.05) is 0 Å². The van der Waals surface area contributed by atoms with Gasteiger partial charge in [0.15, 0.2) is 0 Å². The summed E-state index contributed by atoms with van der Waals surface area (Å²) in [6.07, 6.45) is 1.91. The van der Waals surface area contributed by atoms with Gasteiger partial charge in [-0.15, -0.1) is 0 Å². The van der Waals surface area contributed by atoms with Gasteiger partial charge in [0.1, 0.15) is 0 Å². The van der Waals surface area contributed by atoms with Crippen LogP contribution in [0.2, 0.25) is 0 Å². The molecule has 0 amide bonds. The van der Waals surface area contributed by atoms with Crippen LogP contribution >= 0.6 is 0 Å². The normalized spacial score (nSPS) is 17.8. The number of piperazine rings is 1. The summed E-state index contributed by atoms with van der Waals surface area (Å²) in [6, 6.07) is 4.31. The van der Waals surface area contributed by atoms with E-state index in [4.69, 9.17) is 0 Å². The summed E-state index contributed by atoms with van der Waals surface area (Å²) < 4.78 is 0. The van der Waals surface area contributed by atoms with E-state index in [1.807, 2.05) is 13.2 Å². The maximum atomic E-state index is 4.38. The van der Waals surface area contributed by atoms with Gasteiger partial charge in [-0.05, 0) is 40.0 Å². The summed E-state index contributed by atoms with van der Waals surface area (Å²) in [7, 11) is 1.95. The molecule has 1 aliphatic rings. The van der Waals surface area contributed by atoms with Crippen LogP contribution in [0, 0.1) is 0 Å². The average molecular weight is 262 g/mol. The summed E-state index contributed by atoms with van der Waals surface area (Å²) in [5.74, 6) is 0. The summed E-state index contributed by atoms with van der Waals surface area (Å²) in [5, 5.41) is 3.15. The Morgan fingerprint density at radius 1 is 1.21 bits per heavy atom. The summed E-state index contributed by atoms with van der Waals surface area (Å²) in [5.41, 5.74) is 2.69. The molecule has 1 aromatic rings. The highest BCUT2D eigenvalue weighted by Gasteiger charge is 2.25. The SMILES string of the molecule is CNCc1cc(N2CCN(C(C)(C)C)CC2)ccn1. The van der Waals surface area contributed by atoms with E-state index in [1.165, 1.54) is 5.69 Å². The van der Waals surface area contributed by atoms with Gasteiger partial charge in [0, 0.05) is 50.1 Å². The van der Waals surface area contributed by atoms with Crippen molar-refractivity contribution in [1.82, 2.24) is 15.2 Å². The number of anilines is 1. The molecule has 2 rings (SSSR count). The smallest absolute Gasteiger partial charge is 0.0562 e. The Labute approximate surface area is 116 Å². The fraction of sp³-hybridized carbons (Fsp3) is 0.667. The lowest BCUT2D eigenvalue weighted by Gasteiger charge is -2.43. The van der Waals surface area contributed by atoms with Gasteiger partial charge in [-0.2, -0.15) is 0 Å². The Kier molecular flexibility index (Phi) is 4.42. The summed E-state index contributed by atoms with van der Waals surface area (Å²) >= 11 is 0. The van der Waals surface area contributed by atoms with Gasteiger partial charge in [-0.3, -0.25) is 9.88 Å². The van der Waals surface area contributed by atoms with Crippen molar-refractivity contribution >= 4 is 5.69 Å². The Morgan fingerprint density at radius 3 is 2.47 bits per heavy atom. The second-order valence-electron chi connectivity index (χ2n) is 6.18. The highest BCUT2D eigenvalue weighted by atomic mass is 15.3. The van der Waals surface area contributed by atoms with Crippen molar-refractivity contribution in [2.45, 2.75) is 32.9 Å². The van der Waals surface area contributed by atoms with Crippen LogP contribution in [0.4, 0.5) is 5.69 Å². The van der Waals surface area contributed by atoms with Crippen LogP contribution in [0.3, 0.4) is 0 Å². The van der Waals surface area contributed by atoms with Gasteiger partial charge in [0.25, 0.3) is 0 Å². The lowest BCUT2D eigenvalue weighted by Crippen LogP contribution is -2.53. The number of nitrogens with one attached hydrogen (secondary N) is 1. The van der Waals surface area contributed by atoms with E-state index in [1.54, 1.807) is 0 Å². The maximum Gasteiger partial charge on any atom is 0.0562 e. The Morgan fingerprint density at radius 2 is 1.89 bits per heavy atom. The standard InChI is InChI=1S/C15H26N4/c1-15(2,3)19-9-7-18(8-10-19)14-5-6-17-13(11-14)12-16-4/h5-6,11,16H,7-10,12H2,1-4H3. The summed E-state index contributed by atoms with van der Waals surface area (Å²) in [6.45, 7) is 12.2. The second-order valence-corrected chi connectivity index (χ2v) is 6.18. The van der Waals surface area contributed by atoms with Crippen LogP contribution in [-0.4, -0.2) is 48.6 Å². The molecule has 1 N–H and O–H groups in total. The lowest BCUT2D eigenvalue weighted by atomic mass is 10.0. The topological polar surface area (TPSA) is 31.4 Å². The quantitative estimate of drug-likeness (QED) is 0.899. The van der Waals surface area contributed by atoms with Gasteiger partial charge in [-0.25, -0.2) is 0 Å². The molecule has 0 unspecified atom stereocenters. The first-order valence-corrected chi connectivity index (χ1v) is 7.10. The molecule has 1 fully saturated rings. The van der Waals surface area contributed by atoms with Crippen molar-refractivity contribution in [3.05, 3.63) is 24.0 Å². The van der Waals surface area contributed by atoms with E-state index in [2.05, 4.69) is 53.0 Å². The fourth-order valence-corrected chi connectivity index (χ4v) is 2.58. The molecule has 4 heteroatoms. The molecular weight excluding hydrogens is 236 g/mol. The van der Waals surface area contributed by atoms with E-state index >= 15 is 0 Å². The Hall–Kier alpha value is -1.13. The average Bonchev–Trinajstić information content (AvgIpc) is 2.39. The van der Waals surface area contributed by atoms with E-state index < -0.39 is 0 Å². The third kappa shape index (κ3) is 3.67. The van der Waals surface area contributed by atoms with E-state index in [9.17, 15) is 0 Å². The Balaban J connectivity index is 1.99. The molecule has 0 aliphatic carbocycles. The molecule has 4 nitrogen and oxygen atoms in total. The maximum absolute atomic E-state index is 4.38. The molecular formula is C15H26N4. The highest BCUT2D eigenvalue weighted by molar-refractivity contribution is 5.47. The molecule has 1 aliphatic heterocycles. The molecule has 1 saturated heterocycles. The first-order chi connectivity index (χ1) is 9.00. The minimum atomic E-state index is 0.279. The van der Waals surface area contributed by atoms with Crippen molar-refractivity contribution in [3.63, 3.8) is 0 Å². The van der Waals surface area contributed by atoms with Gasteiger partial charge >= 0.3 is 0 Å². The van der Waals surface area contributed by atoms with E-state index in [0.717, 1.165) is 38.4 Å². The van der Waals surface area contributed by atoms with E-state index in [0.29, 0.717) is 0 Å². The molecule has 0 atom stereocenters. The second kappa shape index (κ2) is 5.88. The third-order valence-electron chi connectivity index (χ3n) is 3.75. The molecule has 2 heterocycles. The lowest BCUT2D eigenvalue weighted by molar-refractivity contribution is 0.128. The molecule has 106 valence electrons. The Bertz CT molecular complexity index is 403. The van der Waals surface area contributed by atoms with Crippen molar-refractivity contribution in [3.8, 4) is 0 Å². The van der Waals surface area contributed by atoms with Crippen LogP contribution < -0.4 is 10.2 Å². The fourth-order valence-electron chi connectivity index (χ4n) is 2.58. The summed E-state index contributed by atoms with van der Waals surface area (Å²) in [4.78, 5) is 9.39. The molecule has 0 spiro atoms. The zero-order valence-corrected chi connectivity index (χ0v) is 12.6. The zero-order valence-electron chi connectivity index (χ0n) is 12.6. The molecule has 0 bridgehead atoms. The van der Waals surface area contributed by atoms with Gasteiger partial charge in [0.05, 0.1) is 5.69 Å². The number of pyridine rings is 1. The van der Waals surface area contributed by atoms with Gasteiger partial charge < -0.3 is 10.2 Å². The van der Waals surface area contributed by atoms with Crippen molar-refractivity contribution in [2.24, 2.45) is 0 Å². The van der Waals surface area contributed by atoms with Crippen LogP contribution in [0.1, 0.15) is 26.5 Å². The predicted molar refractivity (Wildman–Crippen MR) is 80.5 cm³/mol. The minimum absolute atomic E-state index is 0.279. The van der Waals surface area contributed by atoms with Crippen LogP contribution in [-0.2, 0) is 6.54 Å². The highest BCUT2D eigenvalue weighted by Crippen LogP contribution is 2.20. The molecule has 0 aromatic carbocycles. The molecule has 1 aromatic heterocycles. The zero-order chi connectivity index (χ0) is 13.9. The number of rotatable bonds is 3. The third-order valence-corrected chi connectivity index (χ3v) is 3.75. The minimum Gasteiger partial charge on any atom is -0.369 e. The number of hydrogen-bond acceptors (Lipinski definition) is 4. The van der Waals surface area contributed by atoms with Crippen LogP contribution in [0.5, 0.6) is 0 Å². The predicted octanol–water partition coefficient (Wildman–Crippen LogP) is 1.72. The monoisotopic (exact) mass is 262 g/mol. The van der Waals surface area contributed by atoms with Crippen molar-refractivity contribution < 1.29 is 0 Å². The van der Waals surface area contributed by atoms with E-state index in [-0.39, 0.29) is 5.54 Å². The number of hydrogen-bond donors (Lipinski definition) is 1. The number of nitrogens with zero attached hydrogens (tertiary/aromatic N) is 3. The van der Waals surface area contributed by atoms with Crippen molar-refractivity contribution in [2.75, 3.05) is 38.1 Å². The first kappa shape index (κ1) is 14.3. The van der Waals surface area contributed by atoms with Crippen LogP contribution in [0.15, 0.2) is 18.3 Å². The first-order valence-electron chi connectivity index (χ1n) is 7.10. The molecule has 19 heavy (non-hydrogen) atoms. The molecule has 0 saturated carbocycles. The number of aromatic nitrogens is 1. The van der Waals surface area contributed by atoms with Gasteiger partial charge in [0.2, 0.25) is 0 Å². The largest absolute Gasteiger partial charge is 0.369 e. The molecule has 0 radical (unpaired) electrons.